The maximum atomic E-state index is 13.8. The molecule has 3 fully saturated rings. The van der Waals surface area contributed by atoms with Crippen molar-refractivity contribution in [2.24, 2.45) is 5.41 Å². The normalized spacial score (nSPS) is 32.7. The van der Waals surface area contributed by atoms with Crippen molar-refractivity contribution in [2.45, 2.75) is 69.4 Å². The molecule has 3 unspecified atom stereocenters. The van der Waals surface area contributed by atoms with Crippen LogP contribution in [0.1, 0.15) is 44.7 Å². The van der Waals surface area contributed by atoms with Crippen LogP contribution in [0.5, 0.6) is 0 Å². The van der Waals surface area contributed by atoms with Gasteiger partial charge in [0, 0.05) is 50.8 Å². The Morgan fingerprint density at radius 1 is 1.38 bits per heavy atom. The molecule has 3 heterocycles. The molecule has 1 aliphatic carbocycles. The minimum Gasteiger partial charge on any atom is -0.379 e. The van der Waals surface area contributed by atoms with Crippen LogP contribution in [0.25, 0.3) is 0 Å². The summed E-state index contributed by atoms with van der Waals surface area (Å²) in [6.07, 6.45) is -0.384. The van der Waals surface area contributed by atoms with Crippen molar-refractivity contribution in [3.63, 3.8) is 0 Å². The van der Waals surface area contributed by atoms with Gasteiger partial charge in [0.15, 0.2) is 5.78 Å². The van der Waals surface area contributed by atoms with E-state index in [-0.39, 0.29) is 29.8 Å². The highest BCUT2D eigenvalue weighted by Gasteiger charge is 2.47. The number of ether oxygens (including phenoxy) is 2. The number of hydrogen-bond acceptors (Lipinski definition) is 7. The first kappa shape index (κ1) is 25.3. The summed E-state index contributed by atoms with van der Waals surface area (Å²) in [6.45, 7) is 4.68. The number of nitrogens with zero attached hydrogens (tertiary/aromatic N) is 2. The van der Waals surface area contributed by atoms with Gasteiger partial charge in [0.25, 0.3) is 0 Å². The average molecular weight is 485 g/mol. The van der Waals surface area contributed by atoms with Crippen LogP contribution in [0.4, 0.5) is 19.0 Å². The van der Waals surface area contributed by atoms with Crippen LogP contribution in [0.15, 0.2) is 18.2 Å². The van der Waals surface area contributed by atoms with Gasteiger partial charge in [0.05, 0.1) is 18.8 Å². The Labute approximate surface area is 198 Å². The lowest BCUT2D eigenvalue weighted by Gasteiger charge is -2.38. The van der Waals surface area contributed by atoms with E-state index in [1.807, 2.05) is 0 Å². The second-order valence-corrected chi connectivity index (χ2v) is 9.68. The molecule has 34 heavy (non-hydrogen) atoms. The number of anilines is 1. The largest absolute Gasteiger partial charge is 0.433 e. The van der Waals surface area contributed by atoms with Crippen LogP contribution in [0.3, 0.4) is 0 Å². The molecule has 2 aliphatic heterocycles. The number of rotatable bonds is 7. The van der Waals surface area contributed by atoms with E-state index in [1.54, 1.807) is 18.1 Å². The van der Waals surface area contributed by atoms with Gasteiger partial charge in [-0.3, -0.25) is 4.79 Å². The molecule has 3 aliphatic rings. The number of carbonyl (C=O) groups is 1. The fourth-order valence-corrected chi connectivity index (χ4v) is 5.69. The number of ketones is 1. The van der Waals surface area contributed by atoms with Gasteiger partial charge in [0.1, 0.15) is 11.5 Å². The number of Topliss-reactive ketones (excluding diaryl/α,β-unsaturated/α-hetero) is 1. The van der Waals surface area contributed by atoms with Gasteiger partial charge in [-0.25, -0.2) is 4.98 Å². The molecule has 0 spiro atoms. The lowest BCUT2D eigenvalue weighted by molar-refractivity contribution is -0.141. The number of alkyl halides is 3. The highest BCUT2D eigenvalue weighted by molar-refractivity contribution is 5.91. The van der Waals surface area contributed by atoms with E-state index >= 15 is 0 Å². The van der Waals surface area contributed by atoms with E-state index in [1.165, 1.54) is 6.07 Å². The second kappa shape index (κ2) is 10.5. The van der Waals surface area contributed by atoms with Crippen molar-refractivity contribution in [3.8, 4) is 0 Å². The molecular weight excluding hydrogens is 449 g/mol. The Kier molecular flexibility index (Phi) is 7.81. The van der Waals surface area contributed by atoms with E-state index in [0.717, 1.165) is 38.2 Å². The zero-order valence-corrected chi connectivity index (χ0v) is 19.9. The zero-order valence-electron chi connectivity index (χ0n) is 19.9. The first-order valence-electron chi connectivity index (χ1n) is 12.2. The van der Waals surface area contributed by atoms with E-state index < -0.39 is 23.3 Å². The summed E-state index contributed by atoms with van der Waals surface area (Å²) >= 11 is 0. The molecule has 4 rings (SSSR count). The highest BCUT2D eigenvalue weighted by atomic mass is 19.4. The van der Waals surface area contributed by atoms with Crippen molar-refractivity contribution >= 4 is 11.6 Å². The standard InChI is InChI=1S/C24H35F3N4O3/c1-3-23(9-7-16(13-23)29-17-8-12-34-15-19(17)33-2)22(32)18-14-31(11-10-28-18)21-6-4-5-20(30-21)24(25,26)27/h4-6,16-19,28-29H,3,7-15H2,1-2H3/t16-,17?,18?,19?,23-/m0/s1. The number of nitrogens with one attached hydrogen (secondary N) is 2. The third-order valence-electron chi connectivity index (χ3n) is 7.71. The first-order valence-corrected chi connectivity index (χ1v) is 12.2. The third-order valence-corrected chi connectivity index (χ3v) is 7.71. The van der Waals surface area contributed by atoms with Gasteiger partial charge in [-0.2, -0.15) is 13.2 Å². The third kappa shape index (κ3) is 5.40. The minimum absolute atomic E-state index is 0.00890. The SMILES string of the molecule is CC[C@]1(C(=O)C2CN(c3cccc(C(F)(F)F)n3)CCN2)CC[C@H](NC2CCOCC2OC)C1. The molecule has 0 aromatic carbocycles. The monoisotopic (exact) mass is 484 g/mol. The van der Waals surface area contributed by atoms with Crippen molar-refractivity contribution in [1.82, 2.24) is 15.6 Å². The molecule has 0 bridgehead atoms. The number of methoxy groups -OCH3 is 1. The number of halogens is 3. The summed E-state index contributed by atoms with van der Waals surface area (Å²) in [5.74, 6) is 0.419. The molecule has 0 radical (unpaired) electrons. The van der Waals surface area contributed by atoms with Crippen molar-refractivity contribution in [1.29, 1.82) is 0 Å². The zero-order chi connectivity index (χ0) is 24.3. The summed E-state index contributed by atoms with van der Waals surface area (Å²) in [6, 6.07) is 3.93. The fourth-order valence-electron chi connectivity index (χ4n) is 5.69. The summed E-state index contributed by atoms with van der Waals surface area (Å²) in [4.78, 5) is 19.4. The van der Waals surface area contributed by atoms with Gasteiger partial charge < -0.3 is 25.0 Å². The Morgan fingerprint density at radius 3 is 2.94 bits per heavy atom. The summed E-state index contributed by atoms with van der Waals surface area (Å²) in [7, 11) is 1.70. The van der Waals surface area contributed by atoms with Gasteiger partial charge in [-0.15, -0.1) is 0 Å². The Morgan fingerprint density at radius 2 is 2.21 bits per heavy atom. The van der Waals surface area contributed by atoms with Crippen molar-refractivity contribution in [2.75, 3.05) is 44.9 Å². The molecule has 2 N–H and O–H groups in total. The Bertz CT molecular complexity index is 855. The molecule has 7 nitrogen and oxygen atoms in total. The molecule has 2 saturated heterocycles. The average Bonchev–Trinajstić information content (AvgIpc) is 3.28. The number of pyridine rings is 1. The van der Waals surface area contributed by atoms with Gasteiger partial charge >= 0.3 is 6.18 Å². The molecule has 10 heteroatoms. The fraction of sp³-hybridized carbons (Fsp3) is 0.750. The molecule has 190 valence electrons. The van der Waals surface area contributed by atoms with Crippen LogP contribution in [-0.4, -0.2) is 75.0 Å². The van der Waals surface area contributed by atoms with Gasteiger partial charge in [-0.05, 0) is 44.2 Å². The number of aromatic nitrogens is 1. The van der Waals surface area contributed by atoms with Crippen molar-refractivity contribution < 1.29 is 27.4 Å². The summed E-state index contributed by atoms with van der Waals surface area (Å²) in [5.41, 5.74) is -1.35. The molecule has 5 atom stereocenters. The molecule has 1 aromatic heterocycles. The quantitative estimate of drug-likeness (QED) is 0.617. The Balaban J connectivity index is 1.42. The summed E-state index contributed by atoms with van der Waals surface area (Å²) in [5, 5.41) is 7.03. The highest BCUT2D eigenvalue weighted by Crippen LogP contribution is 2.43. The predicted octanol–water partition coefficient (Wildman–Crippen LogP) is 2.79. The van der Waals surface area contributed by atoms with E-state index in [4.69, 9.17) is 9.47 Å². The topological polar surface area (TPSA) is 75.7 Å². The van der Waals surface area contributed by atoms with Gasteiger partial charge in [0.2, 0.25) is 0 Å². The van der Waals surface area contributed by atoms with E-state index in [9.17, 15) is 18.0 Å². The Hall–Kier alpha value is -1.75. The van der Waals surface area contributed by atoms with Crippen LogP contribution in [0, 0.1) is 5.41 Å². The molecular formula is C24H35F3N4O3. The van der Waals surface area contributed by atoms with E-state index in [0.29, 0.717) is 32.8 Å². The van der Waals surface area contributed by atoms with Crippen LogP contribution < -0.4 is 15.5 Å². The van der Waals surface area contributed by atoms with Crippen LogP contribution >= 0.6 is 0 Å². The van der Waals surface area contributed by atoms with Gasteiger partial charge in [-0.1, -0.05) is 13.0 Å². The first-order chi connectivity index (χ1) is 16.3. The lowest BCUT2D eigenvalue weighted by atomic mass is 9.75. The predicted molar refractivity (Wildman–Crippen MR) is 122 cm³/mol. The number of piperazine rings is 1. The number of carbonyl (C=O) groups excluding carboxylic acids is 1. The minimum atomic E-state index is -4.50. The van der Waals surface area contributed by atoms with Crippen LogP contribution in [0.2, 0.25) is 0 Å². The molecule has 0 amide bonds. The second-order valence-electron chi connectivity index (χ2n) is 9.68. The number of hydrogen-bond donors (Lipinski definition) is 2. The smallest absolute Gasteiger partial charge is 0.379 e. The van der Waals surface area contributed by atoms with Crippen LogP contribution in [-0.2, 0) is 20.4 Å². The lowest BCUT2D eigenvalue weighted by Crippen LogP contribution is -2.58. The maximum Gasteiger partial charge on any atom is 0.433 e. The van der Waals surface area contributed by atoms with Crippen molar-refractivity contribution in [3.05, 3.63) is 23.9 Å². The molecule has 1 aromatic rings. The van der Waals surface area contributed by atoms with E-state index in [2.05, 4.69) is 22.5 Å². The molecule has 1 saturated carbocycles. The maximum absolute atomic E-state index is 13.8. The summed E-state index contributed by atoms with van der Waals surface area (Å²) < 4.78 is 50.5.